The molecule has 0 aliphatic rings. The number of rotatable bonds is 60. The largest absolute Gasteiger partial charge is 0.389 e. The molecule has 0 saturated carbocycles. The van der Waals surface area contributed by atoms with Crippen molar-refractivity contribution in [3.8, 4) is 0 Å². The monoisotopic (exact) mass is 2240 g/mol. The zero-order chi connectivity index (χ0) is 104. The molecule has 762 valence electrons. The molecule has 5 aromatic rings. The van der Waals surface area contributed by atoms with E-state index in [0.717, 1.165) is 6.66 Å². The summed E-state index contributed by atoms with van der Waals surface area (Å²) in [6.45, 7) is 14.1. The number of carbonyl (C=O) groups excluding carboxylic acids is 6. The number of benzene rings is 4. The first-order valence-electron chi connectivity index (χ1n) is 39.8. The smallest absolute Gasteiger partial charge is 0.346 e. The first-order chi connectivity index (χ1) is 63.7. The molecular weight excluding hydrogens is 2140 g/mol. The summed E-state index contributed by atoms with van der Waals surface area (Å²) in [6.07, 6.45) is -5.39. The van der Waals surface area contributed by atoms with Crippen LogP contribution in [0.4, 0.5) is 28.4 Å². The summed E-state index contributed by atoms with van der Waals surface area (Å²) in [5.74, 6) is 0.886. The normalized spacial score (nSPS) is 13.8. The summed E-state index contributed by atoms with van der Waals surface area (Å²) in [6, 6.07) is 25.0. The molecule has 0 saturated heterocycles. The van der Waals surface area contributed by atoms with Crippen molar-refractivity contribution in [2.75, 3.05) is 176 Å². The molecule has 1 aromatic heterocycles. The van der Waals surface area contributed by atoms with Crippen LogP contribution in [0.25, 0.3) is 0 Å². The maximum Gasteiger partial charge on any atom is 0.346 e. The van der Waals surface area contributed by atoms with Crippen molar-refractivity contribution in [1.29, 1.82) is 0 Å². The predicted molar refractivity (Wildman–Crippen MR) is 527 cm³/mol. The van der Waals surface area contributed by atoms with Gasteiger partial charge in [0.2, 0.25) is 0 Å². The Balaban J connectivity index is 0. The molecule has 135 heavy (non-hydrogen) atoms. The van der Waals surface area contributed by atoms with E-state index >= 15 is 0 Å². The quantitative estimate of drug-likeness (QED) is 0.0122. The highest BCUT2D eigenvalue weighted by atomic mass is 35.5. The van der Waals surface area contributed by atoms with Crippen LogP contribution in [0, 0.1) is 57.5 Å². The third-order valence-corrected chi connectivity index (χ3v) is 29.8. The number of aliphatic hydroxyl groups is 2. The SMILES string of the molecule is C=O.C=O.CC(=O)CC(OP(=O)(N(CCCl)CCCl)N(CCCl)CCCl)c1ccc([N+](=O)[O-])cc1.CC(=O)CC(OP(C)(=O)N(CCCl)CCCl)c1ccc([N+](=O)[O-])c(C)n1.CC(OP(=O)(N(CCCl)CCCl)N(CCCl)CCCl)c1ccc([N+](=O)[O-])cc1.CP(N)(=O)OC(CC(=O)CO)c1ccccc1[N+](=O)[O-].NP(=O)(OC(CC(=O)CO)c1ccc([N+](=O)[O-])cc1)N(CCCl)CCCl. The molecule has 0 aliphatic carbocycles. The molecule has 0 aliphatic heterocycles. The lowest BCUT2D eigenvalue weighted by atomic mass is 10.0. The number of aromatic nitrogens is 1. The predicted octanol–water partition coefficient (Wildman–Crippen LogP) is 18.0. The van der Waals surface area contributed by atoms with Crippen molar-refractivity contribution in [2.24, 2.45) is 11.0 Å². The number of aliphatic hydroxyl groups excluding tert-OH is 2. The summed E-state index contributed by atoms with van der Waals surface area (Å²) in [7, 11) is -18.0. The number of para-hydroxylation sites is 1. The first kappa shape index (κ1) is 132. The third-order valence-electron chi connectivity index (χ3n) is 17.7. The maximum atomic E-state index is 14.3. The Morgan fingerprint density at radius 2 is 0.696 bits per heavy atom. The van der Waals surface area contributed by atoms with E-state index in [1.54, 1.807) is 42.4 Å². The van der Waals surface area contributed by atoms with E-state index in [1.807, 2.05) is 13.6 Å². The van der Waals surface area contributed by atoms with E-state index in [1.165, 1.54) is 129 Å². The summed E-state index contributed by atoms with van der Waals surface area (Å²) in [5, 5.41) is 72.2. The second-order valence-electron chi connectivity index (χ2n) is 27.4. The molecule has 59 heteroatoms. The van der Waals surface area contributed by atoms with Gasteiger partial charge in [0.1, 0.15) is 56.3 Å². The number of Topliss-reactive ketones (excluding diaryl/α,β-unsaturated/α-hetero) is 4. The molecule has 0 bridgehead atoms. The fraction of sp³-hybridized carbons (Fsp3) is 0.539. The van der Waals surface area contributed by atoms with Gasteiger partial charge in [0, 0.05) is 237 Å². The molecule has 0 fully saturated rings. The lowest BCUT2D eigenvalue weighted by molar-refractivity contribution is -0.386. The molecule has 8 atom stereocenters. The highest BCUT2D eigenvalue weighted by molar-refractivity contribution is 7.56. The summed E-state index contributed by atoms with van der Waals surface area (Å²) in [4.78, 5) is 118. The average Bonchev–Trinajstić information content (AvgIpc) is 0.788. The van der Waals surface area contributed by atoms with Crippen molar-refractivity contribution >= 4 is 242 Å². The van der Waals surface area contributed by atoms with Crippen molar-refractivity contribution in [2.45, 2.75) is 83.9 Å². The minimum atomic E-state index is -3.86. The van der Waals surface area contributed by atoms with Gasteiger partial charge >= 0.3 is 23.0 Å². The Bertz CT molecular complexity index is 4620. The highest BCUT2D eigenvalue weighted by Crippen LogP contribution is 2.60. The van der Waals surface area contributed by atoms with Crippen LogP contribution in [0.3, 0.4) is 0 Å². The van der Waals surface area contributed by atoms with Gasteiger partial charge in [-0.25, -0.2) is 38.5 Å². The number of nitrogens with two attached hydrogens (primary N) is 2. The van der Waals surface area contributed by atoms with Gasteiger partial charge < -0.3 is 28.8 Å². The van der Waals surface area contributed by atoms with Crippen LogP contribution in [-0.4, -0.2) is 280 Å². The van der Waals surface area contributed by atoms with Gasteiger partial charge in [0.25, 0.3) is 43.5 Å². The van der Waals surface area contributed by atoms with Gasteiger partial charge in [-0.05, 0) is 92.9 Å². The summed E-state index contributed by atoms with van der Waals surface area (Å²) < 4.78 is 103. The van der Waals surface area contributed by atoms with Crippen LogP contribution in [0.1, 0.15) is 111 Å². The van der Waals surface area contributed by atoms with Gasteiger partial charge in [-0.3, -0.25) is 112 Å². The number of alkyl halides is 12. The Hall–Kier alpha value is -4.92. The van der Waals surface area contributed by atoms with E-state index in [4.69, 9.17) is 193 Å². The number of nitro benzene ring substituents is 4. The van der Waals surface area contributed by atoms with Gasteiger partial charge in [-0.2, -0.15) is 0 Å². The molecule has 0 amide bonds. The van der Waals surface area contributed by atoms with Crippen molar-refractivity contribution in [3.05, 3.63) is 193 Å². The van der Waals surface area contributed by atoms with Gasteiger partial charge in [0.15, 0.2) is 11.6 Å². The van der Waals surface area contributed by atoms with E-state index < -0.39 is 118 Å². The second kappa shape index (κ2) is 71.5. The van der Waals surface area contributed by atoms with Crippen LogP contribution in [0.2, 0.25) is 0 Å². The van der Waals surface area contributed by atoms with Crippen LogP contribution in [-0.2, 0) is 74.2 Å². The van der Waals surface area contributed by atoms with E-state index in [-0.39, 0.29) is 187 Å². The highest BCUT2D eigenvalue weighted by Gasteiger charge is 2.43. The number of halogens is 12. The zero-order valence-corrected chi connectivity index (χ0v) is 87.8. The van der Waals surface area contributed by atoms with Gasteiger partial charge in [-0.15, -0.1) is 139 Å². The standard InChI is InChI=1S/C18H26Cl4N3O5P.C16H24Cl4N3O4P.C15H22Cl2N3O5P.C14H20Cl2N3O6P.C11H15N2O6P.2CH2O/c1-15(26)14-18(16-2-4-17(5-3-16)25(27)28)30-31(29,23(10-6-19)11-7-20)24(12-8-21)13-9-22;1-14(15-2-4-16(5-3-15)23(24)25)27-28(26,21(10-6-17)11-7-18)22(12-8-19)13-9-20;1-11(21)10-15(13-4-5-14(20(22)23)12(2)18-13)25-26(3,24)19(8-6-16)9-7-17;15-5-7-18(8-6-16)26(17,24)25-14(9-13(21)10-20)11-1-3-12(4-2-11)19(22)23;1-20(12,18)19-11(6-8(15)7-14)9-4-2-3-5-10(9)13(16)17;2*1-2/h2-5,18H,6-14H2,1H3;2-5,14H,6-13H2,1H3;4-5,15H,6-10H2,1-3H3;1-4,14,20H,5-10H2,(H2,17,24);2-5,11,14H,6-7H2,1H3,(H2,12,18);2*1H2. The lowest BCUT2D eigenvalue weighted by Crippen LogP contribution is -2.38. The van der Waals surface area contributed by atoms with Crippen molar-refractivity contribution in [1.82, 2.24) is 33.0 Å². The molecule has 1 heterocycles. The Kier molecular flexibility index (Phi) is 70.0. The van der Waals surface area contributed by atoms with Crippen LogP contribution in [0.5, 0.6) is 0 Å². The number of nitro groups is 5. The summed E-state index contributed by atoms with van der Waals surface area (Å²) >= 11 is 70.2. The van der Waals surface area contributed by atoms with E-state index in [9.17, 15) is 92.6 Å². The topological polar surface area (TPSA) is 574 Å². The molecule has 42 nitrogen and oxygen atoms in total. The number of aryl methyl sites for hydroxylation is 1. The molecule has 8 unspecified atom stereocenters. The zero-order valence-electron chi connectivity index (χ0n) is 74.2. The van der Waals surface area contributed by atoms with Gasteiger partial charge in [-0.1, -0.05) is 12.1 Å². The Labute approximate surface area is 842 Å². The molecule has 6 N–H and O–H groups in total. The molecule has 0 radical (unpaired) electrons. The molecule has 0 spiro atoms. The number of nitrogens with zero attached hydrogens (tertiary/aromatic N) is 12. The van der Waals surface area contributed by atoms with Crippen molar-refractivity contribution < 1.29 is 109 Å². The fourth-order valence-electron chi connectivity index (χ4n) is 11.6. The average molecular weight is 2250 g/mol. The number of hydrogen-bond donors (Lipinski definition) is 4. The minimum Gasteiger partial charge on any atom is -0.389 e. The van der Waals surface area contributed by atoms with Gasteiger partial charge in [0.05, 0.1) is 54.2 Å². The number of hydrogen-bond acceptors (Lipinski definition) is 29. The number of pyridine rings is 1. The number of carbonyl (C=O) groups is 6. The second-order valence-corrected chi connectivity index (χ2v) is 42.9. The summed E-state index contributed by atoms with van der Waals surface area (Å²) in [5.41, 5.74) is 12.5. The Morgan fingerprint density at radius 1 is 0.393 bits per heavy atom. The van der Waals surface area contributed by atoms with Crippen LogP contribution < -0.4 is 11.0 Å². The molecular formula is C76H111Cl12N14O28P5. The minimum absolute atomic E-state index is 0.0315. The van der Waals surface area contributed by atoms with E-state index in [0.29, 0.717) is 61.7 Å². The maximum absolute atomic E-state index is 14.3. The third kappa shape index (κ3) is 49.1. The number of ketones is 4. The first-order valence-corrected chi connectivity index (χ1v) is 55.0. The van der Waals surface area contributed by atoms with Crippen LogP contribution in [0.15, 0.2) is 109 Å². The van der Waals surface area contributed by atoms with Crippen molar-refractivity contribution in [3.63, 3.8) is 0 Å². The van der Waals surface area contributed by atoms with E-state index in [2.05, 4.69) is 4.98 Å². The van der Waals surface area contributed by atoms with Crippen LogP contribution >= 0.6 is 177 Å². The lowest BCUT2D eigenvalue weighted by Gasteiger charge is -2.39. The molecule has 5 rings (SSSR count). The number of non-ortho nitro benzene ring substituents is 3. The Morgan fingerprint density at radius 3 is 1.01 bits per heavy atom. The fourth-order valence-corrected chi connectivity index (χ4v) is 24.5. The molecule has 4 aromatic carbocycles.